The van der Waals surface area contributed by atoms with Crippen molar-refractivity contribution in [2.45, 2.75) is 26.3 Å². The number of benzene rings is 1. The number of esters is 1. The normalized spacial score (nSPS) is 17.4. The van der Waals surface area contributed by atoms with Gasteiger partial charge in [-0.1, -0.05) is 19.1 Å². The van der Waals surface area contributed by atoms with Crippen LogP contribution in [0, 0.1) is 5.21 Å². The summed E-state index contributed by atoms with van der Waals surface area (Å²) in [5, 5.41) is 26.2. The van der Waals surface area contributed by atoms with Gasteiger partial charge in [0.05, 0.1) is 23.9 Å². The highest BCUT2D eigenvalue weighted by Gasteiger charge is 2.31. The Bertz CT molecular complexity index is 645. The molecule has 1 unspecified atom stereocenters. The minimum Gasteiger partial charge on any atom is -0.733 e. The number of anilines is 1. The maximum absolute atomic E-state index is 12.4. The van der Waals surface area contributed by atoms with Gasteiger partial charge in [0.25, 0.3) is 0 Å². The molecule has 1 atom stereocenters. The molecule has 8 heteroatoms. The van der Waals surface area contributed by atoms with Crippen LogP contribution < -0.4 is 15.9 Å². The highest BCUT2D eigenvalue weighted by molar-refractivity contribution is 7.80. The van der Waals surface area contributed by atoms with Gasteiger partial charge in [-0.15, -0.1) is 0 Å². The number of ether oxygens (including phenoxy) is 1. The Hall–Kier alpha value is -2.16. The zero-order valence-electron chi connectivity index (χ0n) is 12.8. The lowest BCUT2D eigenvalue weighted by atomic mass is 9.95. The van der Waals surface area contributed by atoms with Gasteiger partial charge in [0.2, 0.25) is 0 Å². The van der Waals surface area contributed by atoms with Crippen LogP contribution in [0.2, 0.25) is 0 Å². The Morgan fingerprint density at radius 3 is 2.91 bits per heavy atom. The van der Waals surface area contributed by atoms with Gasteiger partial charge in [0.1, 0.15) is 0 Å². The summed E-state index contributed by atoms with van der Waals surface area (Å²) in [5.74, 6) is -0.453. The van der Waals surface area contributed by atoms with Crippen molar-refractivity contribution in [3.05, 3.63) is 46.3 Å². The molecule has 7 nitrogen and oxygen atoms in total. The van der Waals surface area contributed by atoms with Crippen molar-refractivity contribution in [1.82, 2.24) is 10.6 Å². The third-order valence-corrected chi connectivity index (χ3v) is 3.57. The van der Waals surface area contributed by atoms with Crippen LogP contribution in [-0.2, 0) is 9.53 Å². The fourth-order valence-corrected chi connectivity index (χ4v) is 2.58. The summed E-state index contributed by atoms with van der Waals surface area (Å²) in [6.45, 7) is 3.96. The van der Waals surface area contributed by atoms with Gasteiger partial charge in [-0.05, 0) is 43.3 Å². The molecule has 1 aromatic carbocycles. The Kier molecular flexibility index (Phi) is 5.54. The second-order valence-electron chi connectivity index (χ2n) is 5.07. The lowest BCUT2D eigenvalue weighted by Gasteiger charge is -2.31. The molecule has 0 amide bonds. The number of allylic oxidation sites excluding steroid dienone is 1. The smallest absolute Gasteiger partial charge is 0.338 e. The number of thiocarbonyl (C=S) groups is 1. The lowest BCUT2D eigenvalue weighted by Crippen LogP contribution is -2.45. The Labute approximate surface area is 139 Å². The quantitative estimate of drug-likeness (QED) is 0.427. The molecule has 0 aromatic heterocycles. The molecule has 0 spiro atoms. The van der Waals surface area contributed by atoms with E-state index in [9.17, 15) is 10.0 Å². The lowest BCUT2D eigenvalue weighted by molar-refractivity contribution is -0.139. The van der Waals surface area contributed by atoms with Crippen molar-refractivity contribution >= 4 is 29.0 Å². The van der Waals surface area contributed by atoms with Crippen molar-refractivity contribution in [2.75, 3.05) is 11.8 Å². The standard InChI is InChI=1S/C15H18N3O4S/c1-3-7-22-14(19)12-9(2)16-15(23)17-13(12)10-5-4-6-11(8-10)18(20)21/h4-6,8,13,20H,3,7H2,1-2H3,(H2,16,17,23)/q-1. The number of carbonyl (C=O) groups excluding carboxylic acids is 1. The van der Waals surface area contributed by atoms with Gasteiger partial charge in [0, 0.05) is 5.70 Å². The largest absolute Gasteiger partial charge is 0.733 e. The predicted octanol–water partition coefficient (Wildman–Crippen LogP) is 2.13. The second-order valence-corrected chi connectivity index (χ2v) is 5.48. The average molecular weight is 336 g/mol. The van der Waals surface area contributed by atoms with Gasteiger partial charge >= 0.3 is 5.97 Å². The van der Waals surface area contributed by atoms with Crippen LogP contribution in [0.4, 0.5) is 5.69 Å². The zero-order valence-corrected chi connectivity index (χ0v) is 13.6. The molecule has 0 radical (unpaired) electrons. The SMILES string of the molecule is CCCOC(=O)C1=C(C)NC(=S)NC1c1cccc(N([O-])O)c1. The minimum absolute atomic E-state index is 0.0627. The van der Waals surface area contributed by atoms with Gasteiger partial charge in [0.15, 0.2) is 5.11 Å². The fourth-order valence-electron chi connectivity index (χ4n) is 2.31. The number of nitrogens with one attached hydrogen (secondary N) is 2. The van der Waals surface area contributed by atoms with E-state index >= 15 is 0 Å². The average Bonchev–Trinajstić information content (AvgIpc) is 2.52. The summed E-state index contributed by atoms with van der Waals surface area (Å²) >= 11 is 5.14. The second kappa shape index (κ2) is 7.40. The van der Waals surface area contributed by atoms with Crippen LogP contribution in [0.1, 0.15) is 31.9 Å². The van der Waals surface area contributed by atoms with Gasteiger partial charge in [-0.25, -0.2) is 4.79 Å². The highest BCUT2D eigenvalue weighted by Crippen LogP contribution is 2.29. The highest BCUT2D eigenvalue weighted by atomic mass is 32.1. The van der Waals surface area contributed by atoms with Crippen molar-refractivity contribution in [3.8, 4) is 0 Å². The van der Waals surface area contributed by atoms with Crippen LogP contribution in [0.25, 0.3) is 0 Å². The number of hydrogen-bond acceptors (Lipinski definition) is 6. The van der Waals surface area contributed by atoms with E-state index < -0.39 is 12.0 Å². The number of rotatable bonds is 5. The summed E-state index contributed by atoms with van der Waals surface area (Å²) in [6.07, 6.45) is 0.715. The van der Waals surface area contributed by atoms with Gasteiger partial charge in [-0.3, -0.25) is 5.21 Å². The molecule has 0 fully saturated rings. The fraction of sp³-hybridized carbons (Fsp3) is 0.333. The third kappa shape index (κ3) is 3.98. The van der Waals surface area contributed by atoms with Crippen molar-refractivity contribution in [3.63, 3.8) is 0 Å². The van der Waals surface area contributed by atoms with E-state index in [1.165, 1.54) is 12.1 Å². The van der Waals surface area contributed by atoms with Crippen LogP contribution in [0.5, 0.6) is 0 Å². The first-order chi connectivity index (χ1) is 10.9. The summed E-state index contributed by atoms with van der Waals surface area (Å²) in [4.78, 5) is 12.4. The molecule has 0 saturated carbocycles. The van der Waals surface area contributed by atoms with E-state index in [4.69, 9.17) is 22.2 Å². The first kappa shape index (κ1) is 17.2. The van der Waals surface area contributed by atoms with E-state index in [2.05, 4.69) is 10.6 Å². The summed E-state index contributed by atoms with van der Waals surface area (Å²) in [6, 6.07) is 5.73. The molecule has 124 valence electrons. The molecule has 1 aliphatic heterocycles. The predicted molar refractivity (Wildman–Crippen MR) is 89.6 cm³/mol. The molecule has 2 rings (SSSR count). The number of hydrogen-bond donors (Lipinski definition) is 3. The molecular formula is C15H18N3O4S-. The van der Waals surface area contributed by atoms with Crippen molar-refractivity contribution in [2.24, 2.45) is 0 Å². The molecule has 0 aliphatic carbocycles. The van der Waals surface area contributed by atoms with Crippen LogP contribution >= 0.6 is 12.2 Å². The van der Waals surface area contributed by atoms with Gasteiger partial charge < -0.3 is 25.8 Å². The third-order valence-electron chi connectivity index (χ3n) is 3.35. The minimum atomic E-state index is -0.562. The molecular weight excluding hydrogens is 318 g/mol. The number of carbonyl (C=O) groups is 1. The Morgan fingerprint density at radius 1 is 1.52 bits per heavy atom. The van der Waals surface area contributed by atoms with E-state index in [1.807, 2.05) is 6.92 Å². The topological polar surface area (TPSA) is 96.9 Å². The first-order valence-electron chi connectivity index (χ1n) is 7.15. The Morgan fingerprint density at radius 2 is 2.26 bits per heavy atom. The molecule has 1 aromatic rings. The molecule has 23 heavy (non-hydrogen) atoms. The van der Waals surface area contributed by atoms with E-state index in [1.54, 1.807) is 19.1 Å². The summed E-state index contributed by atoms with van der Waals surface area (Å²) in [7, 11) is 0. The van der Waals surface area contributed by atoms with Crippen molar-refractivity contribution in [1.29, 1.82) is 0 Å². The summed E-state index contributed by atoms with van der Waals surface area (Å²) in [5.41, 5.74) is 1.66. The molecule has 0 saturated heterocycles. The maximum atomic E-state index is 12.4. The first-order valence-corrected chi connectivity index (χ1v) is 7.56. The molecule has 1 heterocycles. The zero-order chi connectivity index (χ0) is 17.0. The maximum Gasteiger partial charge on any atom is 0.338 e. The monoisotopic (exact) mass is 336 g/mol. The Balaban J connectivity index is 2.40. The van der Waals surface area contributed by atoms with Crippen LogP contribution in [0.15, 0.2) is 35.5 Å². The summed E-state index contributed by atoms with van der Waals surface area (Å²) < 4.78 is 5.22. The van der Waals surface area contributed by atoms with E-state index in [-0.39, 0.29) is 10.9 Å². The van der Waals surface area contributed by atoms with Gasteiger partial charge in [-0.2, -0.15) is 0 Å². The van der Waals surface area contributed by atoms with E-state index in [0.29, 0.717) is 35.0 Å². The van der Waals surface area contributed by atoms with Crippen LogP contribution in [-0.4, -0.2) is 22.9 Å². The molecule has 0 bridgehead atoms. The van der Waals surface area contributed by atoms with Crippen molar-refractivity contribution < 1.29 is 14.7 Å². The van der Waals surface area contributed by atoms with Crippen LogP contribution in [0.3, 0.4) is 0 Å². The number of nitrogens with zero attached hydrogens (tertiary/aromatic N) is 1. The molecule has 3 N–H and O–H groups in total. The molecule has 1 aliphatic rings. The van der Waals surface area contributed by atoms with E-state index in [0.717, 1.165) is 0 Å².